The molecule has 0 radical (unpaired) electrons. The summed E-state index contributed by atoms with van der Waals surface area (Å²) < 4.78 is 1.78. The molecule has 8 nitrogen and oxygen atoms in total. The first-order valence-electron chi connectivity index (χ1n) is 13.4. The van der Waals surface area contributed by atoms with Crippen LogP contribution in [0.15, 0.2) is 59.8 Å². The minimum absolute atomic E-state index is 0.0871. The molecule has 0 aliphatic carbocycles. The first-order valence-corrected chi connectivity index (χ1v) is 13.4. The number of phenols is 1. The van der Waals surface area contributed by atoms with Gasteiger partial charge in [-0.15, -0.1) is 0 Å². The third kappa shape index (κ3) is 7.22. The van der Waals surface area contributed by atoms with Crippen LogP contribution in [-0.4, -0.2) is 15.8 Å². The number of benzene rings is 2. The zero-order chi connectivity index (χ0) is 28.7. The Kier molecular flexibility index (Phi) is 9.82. The molecule has 39 heavy (non-hydrogen) atoms. The van der Waals surface area contributed by atoms with Crippen molar-refractivity contribution in [2.75, 3.05) is 5.43 Å². The number of hydrazine groups is 1. The van der Waals surface area contributed by atoms with Gasteiger partial charge in [-0.1, -0.05) is 50.5 Å². The summed E-state index contributed by atoms with van der Waals surface area (Å²) in [4.78, 5) is 23.2. The predicted molar refractivity (Wildman–Crippen MR) is 155 cm³/mol. The Labute approximate surface area is 230 Å². The highest BCUT2D eigenvalue weighted by Crippen LogP contribution is 2.34. The van der Waals surface area contributed by atoms with Crippen LogP contribution in [0.4, 0.5) is 11.4 Å². The number of nitrogens with one attached hydrogen (secondary N) is 2. The van der Waals surface area contributed by atoms with E-state index in [1.165, 1.54) is 50.3 Å². The predicted octanol–water partition coefficient (Wildman–Crippen LogP) is 6.78. The van der Waals surface area contributed by atoms with Crippen LogP contribution in [0.25, 0.3) is 16.8 Å². The van der Waals surface area contributed by atoms with Crippen LogP contribution in [0.2, 0.25) is 0 Å². The molecule has 0 aliphatic rings. The Morgan fingerprint density at radius 2 is 1.59 bits per heavy atom. The molecule has 0 bridgehead atoms. The van der Waals surface area contributed by atoms with Gasteiger partial charge >= 0.3 is 0 Å². The summed E-state index contributed by atoms with van der Waals surface area (Å²) in [6.45, 7) is 11.0. The van der Waals surface area contributed by atoms with Crippen molar-refractivity contribution in [2.24, 2.45) is 0 Å². The number of unbranched alkanes of at least 4 members (excludes halogenated alkanes) is 3. The number of aromatic nitrogens is 1. The Balaban J connectivity index is 1.97. The number of rotatable bonds is 12. The van der Waals surface area contributed by atoms with Crippen LogP contribution in [0.5, 0.6) is 5.75 Å². The van der Waals surface area contributed by atoms with Gasteiger partial charge in [0, 0.05) is 39.0 Å². The number of non-ortho nitro benzene ring substituents is 1. The van der Waals surface area contributed by atoms with Gasteiger partial charge in [0.2, 0.25) is 5.75 Å². The van der Waals surface area contributed by atoms with E-state index < -0.39 is 4.92 Å². The standard InChI is InChI=1S/C31H38N4O4/c1-7-8-9-10-11-24-12-14-25(15-13-24)26-16-21(4)34(22(5)17-26)29-19-27(35(38)39)18-28(31(29)37)32-33-30(20(2)3)23(6)36/h12-19,32-33H,7-11H2,1-6H3/p+1. The number of aromatic hydroxyl groups is 1. The summed E-state index contributed by atoms with van der Waals surface area (Å²) in [7, 11) is 0. The molecule has 3 aromatic rings. The minimum Gasteiger partial charge on any atom is -0.501 e. The van der Waals surface area contributed by atoms with E-state index in [2.05, 4.69) is 42.0 Å². The van der Waals surface area contributed by atoms with Crippen molar-refractivity contribution < 1.29 is 19.4 Å². The van der Waals surface area contributed by atoms with Gasteiger partial charge in [0.05, 0.1) is 16.7 Å². The largest absolute Gasteiger partial charge is 0.501 e. The summed E-state index contributed by atoms with van der Waals surface area (Å²) >= 11 is 0. The average Bonchev–Trinajstić information content (AvgIpc) is 2.87. The van der Waals surface area contributed by atoms with Gasteiger partial charge in [-0.05, 0) is 49.0 Å². The molecule has 206 valence electrons. The number of anilines is 1. The lowest BCUT2D eigenvalue weighted by atomic mass is 10.00. The first-order chi connectivity index (χ1) is 18.5. The lowest BCUT2D eigenvalue weighted by Crippen LogP contribution is -2.38. The molecular formula is C31H39N4O4+. The number of hydrogen-bond acceptors (Lipinski definition) is 6. The Bertz CT molecular complexity index is 1370. The van der Waals surface area contributed by atoms with E-state index in [1.807, 2.05) is 26.0 Å². The molecule has 0 unspecified atom stereocenters. The molecule has 8 heteroatoms. The molecule has 0 spiro atoms. The molecular weight excluding hydrogens is 492 g/mol. The van der Waals surface area contributed by atoms with Gasteiger partial charge in [0.25, 0.3) is 11.4 Å². The van der Waals surface area contributed by atoms with E-state index in [-0.39, 0.29) is 28.6 Å². The van der Waals surface area contributed by atoms with Crippen molar-refractivity contribution in [3.8, 4) is 22.6 Å². The third-order valence-electron chi connectivity index (χ3n) is 6.74. The normalized spacial score (nSPS) is 10.7. The van der Waals surface area contributed by atoms with Gasteiger partial charge in [-0.3, -0.25) is 25.8 Å². The number of nitro groups is 1. The highest BCUT2D eigenvalue weighted by Gasteiger charge is 2.27. The van der Waals surface area contributed by atoms with E-state index in [4.69, 9.17) is 0 Å². The summed E-state index contributed by atoms with van der Waals surface area (Å²) in [6.07, 6.45) is 6.01. The Hall–Kier alpha value is -4.20. The molecule has 0 atom stereocenters. The molecule has 3 rings (SSSR count). The van der Waals surface area contributed by atoms with E-state index in [0.717, 1.165) is 34.5 Å². The second-order valence-electron chi connectivity index (χ2n) is 10.2. The number of pyridine rings is 1. The van der Waals surface area contributed by atoms with Crippen LogP contribution >= 0.6 is 0 Å². The molecule has 0 saturated carbocycles. The third-order valence-corrected chi connectivity index (χ3v) is 6.74. The van der Waals surface area contributed by atoms with Gasteiger partial charge in [-0.25, -0.2) is 0 Å². The fourth-order valence-electron chi connectivity index (χ4n) is 4.74. The lowest BCUT2D eigenvalue weighted by molar-refractivity contribution is -0.610. The van der Waals surface area contributed by atoms with Crippen LogP contribution < -0.4 is 15.4 Å². The number of aryl methyl sites for hydroxylation is 3. The van der Waals surface area contributed by atoms with Gasteiger partial charge in [0.15, 0.2) is 17.2 Å². The molecule has 2 aromatic carbocycles. The number of phenolic OH excluding ortho intramolecular Hbond substituents is 1. The van der Waals surface area contributed by atoms with Gasteiger partial charge in [0.1, 0.15) is 5.69 Å². The average molecular weight is 532 g/mol. The van der Waals surface area contributed by atoms with E-state index >= 15 is 0 Å². The molecule has 0 aliphatic heterocycles. The maximum atomic E-state index is 11.9. The zero-order valence-electron chi connectivity index (χ0n) is 23.7. The Morgan fingerprint density at radius 1 is 0.949 bits per heavy atom. The van der Waals surface area contributed by atoms with Crippen LogP contribution in [0.3, 0.4) is 0 Å². The Morgan fingerprint density at radius 3 is 2.13 bits per heavy atom. The van der Waals surface area contributed by atoms with E-state index in [1.54, 1.807) is 18.4 Å². The fraction of sp³-hybridized carbons (Fsp3) is 0.355. The van der Waals surface area contributed by atoms with Crippen molar-refractivity contribution in [1.82, 2.24) is 5.43 Å². The number of nitro benzene ring substituents is 1. The van der Waals surface area contributed by atoms with Crippen molar-refractivity contribution >= 4 is 17.2 Å². The van der Waals surface area contributed by atoms with E-state index in [9.17, 15) is 20.0 Å². The zero-order valence-corrected chi connectivity index (χ0v) is 23.7. The van der Waals surface area contributed by atoms with Gasteiger partial charge in [-0.2, -0.15) is 4.57 Å². The maximum Gasteiger partial charge on any atom is 0.278 e. The fourth-order valence-corrected chi connectivity index (χ4v) is 4.74. The highest BCUT2D eigenvalue weighted by atomic mass is 16.6. The second kappa shape index (κ2) is 13.0. The number of carbonyl (C=O) groups is 1. The number of hydrogen-bond donors (Lipinski definition) is 3. The monoisotopic (exact) mass is 531 g/mol. The molecule has 1 aromatic heterocycles. The first kappa shape index (κ1) is 29.4. The minimum atomic E-state index is -0.510. The summed E-state index contributed by atoms with van der Waals surface area (Å²) in [5.74, 6) is -0.380. The van der Waals surface area contributed by atoms with Crippen LogP contribution in [0, 0.1) is 24.0 Å². The summed E-state index contributed by atoms with van der Waals surface area (Å²) in [5, 5.41) is 22.9. The molecule has 1 heterocycles. The molecule has 3 N–H and O–H groups in total. The number of ketones is 1. The summed E-state index contributed by atoms with van der Waals surface area (Å²) in [6, 6.07) is 15.2. The lowest BCUT2D eigenvalue weighted by Gasteiger charge is -2.15. The van der Waals surface area contributed by atoms with Crippen molar-refractivity contribution in [3.05, 3.63) is 86.9 Å². The number of nitrogens with zero attached hydrogens (tertiary/aromatic N) is 2. The van der Waals surface area contributed by atoms with E-state index in [0.29, 0.717) is 5.70 Å². The SMILES string of the molecule is CCCCCCc1ccc(-c2cc(C)[n+](-c3cc([N+](=O)[O-])cc(NNC(C(C)=O)=C(C)C)c3O)c(C)c2)cc1. The van der Waals surface area contributed by atoms with Crippen LogP contribution in [0.1, 0.15) is 70.3 Å². The topological polar surface area (TPSA) is 108 Å². The highest BCUT2D eigenvalue weighted by molar-refractivity contribution is 5.93. The smallest absolute Gasteiger partial charge is 0.278 e. The number of allylic oxidation sites excluding steroid dienone is 2. The number of carbonyl (C=O) groups excluding carboxylic acids is 1. The van der Waals surface area contributed by atoms with Crippen molar-refractivity contribution in [2.45, 2.75) is 73.6 Å². The quantitative estimate of drug-likeness (QED) is 0.0593. The molecule has 0 fully saturated rings. The summed E-state index contributed by atoms with van der Waals surface area (Å²) in [5.41, 5.74) is 11.8. The molecule has 0 amide bonds. The van der Waals surface area contributed by atoms with Crippen molar-refractivity contribution in [3.63, 3.8) is 0 Å². The number of Topliss-reactive ketones (excluding diaryl/α,β-unsaturated/α-hetero) is 1. The van der Waals surface area contributed by atoms with Crippen LogP contribution in [-0.2, 0) is 11.2 Å². The maximum absolute atomic E-state index is 11.9. The van der Waals surface area contributed by atoms with Gasteiger partial charge < -0.3 is 5.11 Å². The van der Waals surface area contributed by atoms with Crippen molar-refractivity contribution in [1.29, 1.82) is 0 Å². The molecule has 0 saturated heterocycles. The second-order valence-corrected chi connectivity index (χ2v) is 10.2.